The van der Waals surface area contributed by atoms with Gasteiger partial charge in [-0.25, -0.2) is 4.79 Å². The summed E-state index contributed by atoms with van der Waals surface area (Å²) in [6.07, 6.45) is 1.52. The van der Waals surface area contributed by atoms with Crippen LogP contribution in [0.25, 0.3) is 0 Å². The zero-order chi connectivity index (χ0) is 21.2. The molecular formula is C22H23N3O4. The molecule has 29 heavy (non-hydrogen) atoms. The maximum atomic E-state index is 12.2. The molecule has 7 nitrogen and oxygen atoms in total. The summed E-state index contributed by atoms with van der Waals surface area (Å²) in [7, 11) is 0. The van der Waals surface area contributed by atoms with Gasteiger partial charge in [0.05, 0.1) is 0 Å². The second-order valence-electron chi connectivity index (χ2n) is 6.75. The summed E-state index contributed by atoms with van der Waals surface area (Å²) in [4.78, 5) is 23.5. The number of amides is 1. The van der Waals surface area contributed by atoms with E-state index in [9.17, 15) is 20.0 Å². The predicted octanol–water partition coefficient (Wildman–Crippen LogP) is 3.91. The van der Waals surface area contributed by atoms with Crippen molar-refractivity contribution in [2.24, 2.45) is 5.92 Å². The SMILES string of the molecule is CC(C)CC(NC(=O)/C(C#N)=C\Nc1ccc(Oc2ccccc2)cc1)C(=O)O. The number of rotatable bonds is 9. The lowest BCUT2D eigenvalue weighted by molar-refractivity contribution is -0.141. The maximum absolute atomic E-state index is 12.2. The molecule has 1 amide bonds. The molecule has 0 aromatic heterocycles. The van der Waals surface area contributed by atoms with E-state index in [1.807, 2.05) is 44.2 Å². The Labute approximate surface area is 169 Å². The summed E-state index contributed by atoms with van der Waals surface area (Å²) in [5.74, 6) is -0.433. The Hall–Kier alpha value is -3.79. The van der Waals surface area contributed by atoms with Crippen LogP contribution in [-0.2, 0) is 9.59 Å². The smallest absolute Gasteiger partial charge is 0.326 e. The van der Waals surface area contributed by atoms with Gasteiger partial charge in [0.15, 0.2) is 0 Å². The van der Waals surface area contributed by atoms with Gasteiger partial charge in [-0.2, -0.15) is 5.26 Å². The molecule has 2 aromatic rings. The topological polar surface area (TPSA) is 111 Å². The van der Waals surface area contributed by atoms with Crippen LogP contribution >= 0.6 is 0 Å². The molecule has 0 fully saturated rings. The van der Waals surface area contributed by atoms with Crippen LogP contribution in [0.15, 0.2) is 66.4 Å². The number of nitrogens with zero attached hydrogens (tertiary/aromatic N) is 1. The third-order valence-corrected chi connectivity index (χ3v) is 3.89. The largest absolute Gasteiger partial charge is 0.480 e. The van der Waals surface area contributed by atoms with Gasteiger partial charge in [0, 0.05) is 11.9 Å². The molecule has 1 unspecified atom stereocenters. The van der Waals surface area contributed by atoms with Crippen molar-refractivity contribution in [2.75, 3.05) is 5.32 Å². The van der Waals surface area contributed by atoms with Crippen LogP contribution < -0.4 is 15.4 Å². The number of benzene rings is 2. The van der Waals surface area contributed by atoms with Crippen molar-refractivity contribution in [1.82, 2.24) is 5.32 Å². The summed E-state index contributed by atoms with van der Waals surface area (Å²) in [5, 5.41) is 23.7. The number of hydrogen-bond acceptors (Lipinski definition) is 5. The van der Waals surface area contributed by atoms with Crippen LogP contribution in [0.5, 0.6) is 11.5 Å². The Morgan fingerprint density at radius 3 is 2.28 bits per heavy atom. The van der Waals surface area contributed by atoms with Gasteiger partial charge < -0.3 is 20.5 Å². The summed E-state index contributed by atoms with van der Waals surface area (Å²) >= 11 is 0. The standard InChI is InChI=1S/C22H23N3O4/c1-15(2)12-20(22(27)28)25-21(26)16(13-23)14-24-17-8-10-19(11-9-17)29-18-6-4-3-5-7-18/h3-11,14-15,20,24H,12H2,1-2H3,(H,25,26)(H,27,28)/b16-14-. The van der Waals surface area contributed by atoms with Gasteiger partial charge in [0.25, 0.3) is 5.91 Å². The fourth-order valence-electron chi connectivity index (χ4n) is 2.48. The molecule has 0 bridgehead atoms. The van der Waals surface area contributed by atoms with E-state index in [1.54, 1.807) is 30.3 Å². The highest BCUT2D eigenvalue weighted by Crippen LogP contribution is 2.22. The normalized spacial score (nSPS) is 12.0. The van der Waals surface area contributed by atoms with Crippen LogP contribution in [0.1, 0.15) is 20.3 Å². The summed E-state index contributed by atoms with van der Waals surface area (Å²) in [6, 6.07) is 17.0. The lowest BCUT2D eigenvalue weighted by Gasteiger charge is -2.16. The van der Waals surface area contributed by atoms with Crippen molar-refractivity contribution in [2.45, 2.75) is 26.3 Å². The van der Waals surface area contributed by atoms with Gasteiger partial charge >= 0.3 is 5.97 Å². The number of carboxylic acid groups (broad SMARTS) is 1. The number of hydrogen-bond donors (Lipinski definition) is 3. The van der Waals surface area contributed by atoms with E-state index in [0.29, 0.717) is 17.2 Å². The Bertz CT molecular complexity index is 900. The molecule has 0 saturated carbocycles. The van der Waals surface area contributed by atoms with E-state index in [0.717, 1.165) is 0 Å². The number of carbonyl (C=O) groups excluding carboxylic acids is 1. The van der Waals surface area contributed by atoms with Gasteiger partial charge in [0.1, 0.15) is 29.2 Å². The molecule has 3 N–H and O–H groups in total. The molecule has 7 heteroatoms. The molecule has 0 aliphatic heterocycles. The van der Waals surface area contributed by atoms with E-state index in [-0.39, 0.29) is 17.9 Å². The Kier molecular flexibility index (Phi) is 7.80. The molecule has 0 heterocycles. The summed E-state index contributed by atoms with van der Waals surface area (Å²) in [5.41, 5.74) is 0.424. The van der Waals surface area contributed by atoms with Crippen LogP contribution in [0.4, 0.5) is 5.69 Å². The van der Waals surface area contributed by atoms with Crippen molar-refractivity contribution < 1.29 is 19.4 Å². The molecule has 0 spiro atoms. The van der Waals surface area contributed by atoms with Crippen molar-refractivity contribution >= 4 is 17.6 Å². The minimum Gasteiger partial charge on any atom is -0.480 e. The number of anilines is 1. The molecule has 2 rings (SSSR count). The average Bonchev–Trinajstić information content (AvgIpc) is 2.69. The van der Waals surface area contributed by atoms with Gasteiger partial charge in [-0.15, -0.1) is 0 Å². The minimum atomic E-state index is -1.13. The van der Waals surface area contributed by atoms with Crippen molar-refractivity contribution in [3.8, 4) is 17.6 Å². The van der Waals surface area contributed by atoms with E-state index in [2.05, 4.69) is 10.6 Å². The summed E-state index contributed by atoms with van der Waals surface area (Å²) in [6.45, 7) is 3.71. The molecular weight excluding hydrogens is 370 g/mol. The number of carboxylic acids is 1. The second kappa shape index (κ2) is 10.5. The van der Waals surface area contributed by atoms with Crippen molar-refractivity contribution in [1.29, 1.82) is 5.26 Å². The number of nitriles is 1. The number of para-hydroxylation sites is 1. The highest BCUT2D eigenvalue weighted by Gasteiger charge is 2.22. The quantitative estimate of drug-likeness (QED) is 0.440. The van der Waals surface area contributed by atoms with Gasteiger partial charge in [-0.1, -0.05) is 32.0 Å². The first-order chi connectivity index (χ1) is 13.9. The number of aliphatic carboxylic acids is 1. The fraction of sp³-hybridized carbons (Fsp3) is 0.227. The number of ether oxygens (including phenoxy) is 1. The lowest BCUT2D eigenvalue weighted by atomic mass is 10.0. The Morgan fingerprint density at radius 2 is 1.72 bits per heavy atom. The highest BCUT2D eigenvalue weighted by atomic mass is 16.5. The zero-order valence-corrected chi connectivity index (χ0v) is 16.3. The second-order valence-corrected chi connectivity index (χ2v) is 6.75. The average molecular weight is 393 g/mol. The maximum Gasteiger partial charge on any atom is 0.326 e. The van der Waals surface area contributed by atoms with Crippen LogP contribution in [0.2, 0.25) is 0 Å². The fourth-order valence-corrected chi connectivity index (χ4v) is 2.48. The van der Waals surface area contributed by atoms with E-state index < -0.39 is 17.9 Å². The lowest BCUT2D eigenvalue weighted by Crippen LogP contribution is -2.42. The Balaban J connectivity index is 1.99. The van der Waals surface area contributed by atoms with Crippen LogP contribution in [-0.4, -0.2) is 23.0 Å². The molecule has 0 aliphatic rings. The first kappa shape index (κ1) is 21.5. The molecule has 2 aromatic carbocycles. The first-order valence-corrected chi connectivity index (χ1v) is 9.12. The molecule has 0 saturated heterocycles. The van der Waals surface area contributed by atoms with Crippen molar-refractivity contribution in [3.05, 3.63) is 66.4 Å². The molecule has 1 atom stereocenters. The van der Waals surface area contributed by atoms with E-state index in [4.69, 9.17) is 4.74 Å². The van der Waals surface area contributed by atoms with Crippen LogP contribution in [0.3, 0.4) is 0 Å². The van der Waals surface area contributed by atoms with Crippen molar-refractivity contribution in [3.63, 3.8) is 0 Å². The molecule has 150 valence electrons. The predicted molar refractivity (Wildman–Crippen MR) is 109 cm³/mol. The third kappa shape index (κ3) is 7.03. The number of nitrogens with one attached hydrogen (secondary N) is 2. The zero-order valence-electron chi connectivity index (χ0n) is 16.3. The summed E-state index contributed by atoms with van der Waals surface area (Å²) < 4.78 is 5.70. The van der Waals surface area contributed by atoms with E-state index >= 15 is 0 Å². The molecule has 0 radical (unpaired) electrons. The number of carbonyl (C=O) groups is 2. The first-order valence-electron chi connectivity index (χ1n) is 9.12. The van der Waals surface area contributed by atoms with E-state index in [1.165, 1.54) is 6.20 Å². The van der Waals surface area contributed by atoms with Gasteiger partial charge in [0.2, 0.25) is 0 Å². The van der Waals surface area contributed by atoms with Gasteiger partial charge in [-0.3, -0.25) is 4.79 Å². The van der Waals surface area contributed by atoms with Gasteiger partial charge in [-0.05, 0) is 48.7 Å². The van der Waals surface area contributed by atoms with Crippen LogP contribution in [0, 0.1) is 17.2 Å². The highest BCUT2D eigenvalue weighted by molar-refractivity contribution is 5.99. The third-order valence-electron chi connectivity index (χ3n) is 3.89. The Morgan fingerprint density at radius 1 is 1.10 bits per heavy atom. The monoisotopic (exact) mass is 393 g/mol. The molecule has 0 aliphatic carbocycles. The minimum absolute atomic E-state index is 0.0839.